The summed E-state index contributed by atoms with van der Waals surface area (Å²) in [5.41, 5.74) is 0.367. The number of alkyl halides is 2. The minimum Gasteiger partial charge on any atom is -0.489 e. The summed E-state index contributed by atoms with van der Waals surface area (Å²) in [7, 11) is 0. The third kappa shape index (κ3) is 4.51. The Morgan fingerprint density at radius 3 is 2.29 bits per heavy atom. The SMILES string of the molecule is Cc1ccc(OC2C(C(=O)OC(C#N)c3cccc(C(F)(F)c4ccccc4)c3)C2(C)C)cc1. The Bertz CT molecular complexity index is 1220. The first-order chi connectivity index (χ1) is 16.1. The van der Waals surface area contributed by atoms with Crippen molar-refractivity contribution >= 4 is 5.97 Å². The molecule has 3 atom stereocenters. The summed E-state index contributed by atoms with van der Waals surface area (Å²) in [4.78, 5) is 12.9. The first-order valence-corrected chi connectivity index (χ1v) is 11.0. The fraction of sp³-hybridized carbons (Fsp3) is 0.286. The number of halogens is 2. The Morgan fingerprint density at radius 1 is 1.00 bits per heavy atom. The zero-order valence-corrected chi connectivity index (χ0v) is 19.2. The molecule has 0 N–H and O–H groups in total. The predicted molar refractivity (Wildman–Crippen MR) is 123 cm³/mol. The van der Waals surface area contributed by atoms with E-state index in [4.69, 9.17) is 9.47 Å². The number of rotatable bonds is 7. The molecule has 4 rings (SSSR count). The van der Waals surface area contributed by atoms with E-state index < -0.39 is 35.4 Å². The second-order valence-corrected chi connectivity index (χ2v) is 9.16. The van der Waals surface area contributed by atoms with E-state index >= 15 is 8.78 Å². The van der Waals surface area contributed by atoms with Crippen LogP contribution in [0.4, 0.5) is 8.78 Å². The van der Waals surface area contributed by atoms with Crippen molar-refractivity contribution in [2.24, 2.45) is 11.3 Å². The molecule has 6 heteroatoms. The topological polar surface area (TPSA) is 59.3 Å². The lowest BCUT2D eigenvalue weighted by atomic mass is 9.97. The molecule has 174 valence electrons. The van der Waals surface area contributed by atoms with Crippen molar-refractivity contribution in [1.82, 2.24) is 0 Å². The summed E-state index contributed by atoms with van der Waals surface area (Å²) in [6.07, 6.45) is -1.72. The van der Waals surface area contributed by atoms with Gasteiger partial charge in [0.15, 0.2) is 0 Å². The number of esters is 1. The quantitative estimate of drug-likeness (QED) is 0.385. The van der Waals surface area contributed by atoms with Crippen LogP contribution in [0.1, 0.15) is 42.2 Å². The summed E-state index contributed by atoms with van der Waals surface area (Å²) in [6.45, 7) is 5.75. The number of carbonyl (C=O) groups is 1. The first kappa shape index (κ1) is 23.4. The molecule has 0 saturated heterocycles. The monoisotopic (exact) mass is 461 g/mol. The fourth-order valence-corrected chi connectivity index (χ4v) is 4.07. The molecular formula is C28H25F2NO3. The molecule has 0 spiro atoms. The lowest BCUT2D eigenvalue weighted by Gasteiger charge is -2.19. The molecule has 3 aromatic carbocycles. The van der Waals surface area contributed by atoms with Crippen molar-refractivity contribution in [3.05, 3.63) is 101 Å². The molecule has 1 fully saturated rings. The molecule has 34 heavy (non-hydrogen) atoms. The lowest BCUT2D eigenvalue weighted by molar-refractivity contribution is -0.149. The van der Waals surface area contributed by atoms with Gasteiger partial charge in [-0.2, -0.15) is 14.0 Å². The smallest absolute Gasteiger partial charge is 0.315 e. The van der Waals surface area contributed by atoms with Gasteiger partial charge in [0.05, 0.1) is 0 Å². The lowest BCUT2D eigenvalue weighted by Crippen LogP contribution is -2.18. The minimum atomic E-state index is -3.26. The summed E-state index contributed by atoms with van der Waals surface area (Å²) in [5.74, 6) is -3.77. The van der Waals surface area contributed by atoms with E-state index in [1.807, 2.05) is 51.1 Å². The zero-order valence-electron chi connectivity index (χ0n) is 19.2. The molecule has 4 nitrogen and oxygen atoms in total. The minimum absolute atomic E-state index is 0.159. The second-order valence-electron chi connectivity index (χ2n) is 9.16. The van der Waals surface area contributed by atoms with Gasteiger partial charge in [-0.25, -0.2) is 0 Å². The van der Waals surface area contributed by atoms with Crippen molar-refractivity contribution in [2.75, 3.05) is 0 Å². The molecule has 0 radical (unpaired) electrons. The van der Waals surface area contributed by atoms with Gasteiger partial charge >= 0.3 is 5.97 Å². The average molecular weight is 462 g/mol. The highest BCUT2D eigenvalue weighted by Crippen LogP contribution is 2.55. The van der Waals surface area contributed by atoms with E-state index in [1.165, 1.54) is 36.4 Å². The molecule has 0 bridgehead atoms. The number of carbonyl (C=O) groups excluding carboxylic acids is 1. The maximum absolute atomic E-state index is 15.0. The molecule has 0 amide bonds. The molecule has 3 unspecified atom stereocenters. The van der Waals surface area contributed by atoms with Crippen LogP contribution in [0.25, 0.3) is 0 Å². The van der Waals surface area contributed by atoms with E-state index in [-0.39, 0.29) is 16.7 Å². The van der Waals surface area contributed by atoms with Crippen LogP contribution < -0.4 is 4.74 Å². The Labute approximate surface area is 197 Å². The second kappa shape index (κ2) is 8.90. The average Bonchev–Trinajstić information content (AvgIpc) is 3.38. The van der Waals surface area contributed by atoms with E-state index in [0.717, 1.165) is 5.56 Å². The van der Waals surface area contributed by atoms with Gasteiger partial charge in [-0.1, -0.05) is 80.1 Å². The molecule has 1 aliphatic carbocycles. The van der Waals surface area contributed by atoms with E-state index in [1.54, 1.807) is 18.2 Å². The standard InChI is InChI=1S/C28H25F2NO3/c1-18-12-14-22(15-13-18)33-25-24(27(25,2)3)26(32)34-23(17-31)19-8-7-11-21(16-19)28(29,30)20-9-5-4-6-10-20/h4-16,23-25H,1-3H3. The number of hydrogen-bond acceptors (Lipinski definition) is 4. The number of nitrogens with zero attached hydrogens (tertiary/aromatic N) is 1. The van der Waals surface area contributed by atoms with E-state index in [0.29, 0.717) is 5.75 Å². The van der Waals surface area contributed by atoms with Crippen LogP contribution in [0.3, 0.4) is 0 Å². The maximum atomic E-state index is 15.0. The van der Waals surface area contributed by atoms with Crippen LogP contribution in [-0.2, 0) is 15.5 Å². The van der Waals surface area contributed by atoms with Crippen LogP contribution in [0.15, 0.2) is 78.9 Å². The van der Waals surface area contributed by atoms with Crippen molar-refractivity contribution in [3.63, 3.8) is 0 Å². The third-order valence-electron chi connectivity index (χ3n) is 6.31. The highest BCUT2D eigenvalue weighted by Gasteiger charge is 2.65. The maximum Gasteiger partial charge on any atom is 0.315 e. The number of hydrogen-bond donors (Lipinski definition) is 0. The van der Waals surface area contributed by atoms with Crippen LogP contribution >= 0.6 is 0 Å². The summed E-state index contributed by atoms with van der Waals surface area (Å²) >= 11 is 0. The van der Waals surface area contributed by atoms with Gasteiger partial charge in [-0.15, -0.1) is 0 Å². The van der Waals surface area contributed by atoms with E-state index in [9.17, 15) is 10.1 Å². The summed E-state index contributed by atoms with van der Waals surface area (Å²) < 4.78 is 41.5. The highest BCUT2D eigenvalue weighted by molar-refractivity contribution is 5.79. The van der Waals surface area contributed by atoms with Crippen LogP contribution in [-0.4, -0.2) is 12.1 Å². The molecular weight excluding hydrogens is 436 g/mol. The number of ether oxygens (including phenoxy) is 2. The summed E-state index contributed by atoms with van der Waals surface area (Å²) in [6, 6.07) is 22.3. The van der Waals surface area contributed by atoms with Gasteiger partial charge in [0.25, 0.3) is 5.92 Å². The van der Waals surface area contributed by atoms with Gasteiger partial charge in [-0.3, -0.25) is 4.79 Å². The predicted octanol–water partition coefficient (Wildman–Crippen LogP) is 6.35. The van der Waals surface area contributed by atoms with Crippen molar-refractivity contribution in [2.45, 2.75) is 38.9 Å². The Hall–Kier alpha value is -3.72. The molecule has 0 heterocycles. The molecule has 1 saturated carbocycles. The van der Waals surface area contributed by atoms with Crippen LogP contribution in [0, 0.1) is 29.6 Å². The molecule has 0 aliphatic heterocycles. The first-order valence-electron chi connectivity index (χ1n) is 11.0. The Kier molecular flexibility index (Phi) is 6.14. The normalized spacial score (nSPS) is 19.5. The van der Waals surface area contributed by atoms with Gasteiger partial charge < -0.3 is 9.47 Å². The van der Waals surface area contributed by atoms with Gasteiger partial charge in [0.1, 0.15) is 23.8 Å². The van der Waals surface area contributed by atoms with Crippen molar-refractivity contribution in [1.29, 1.82) is 5.26 Å². The highest BCUT2D eigenvalue weighted by atomic mass is 19.3. The number of benzene rings is 3. The molecule has 3 aromatic rings. The molecule has 0 aromatic heterocycles. The van der Waals surface area contributed by atoms with Crippen molar-refractivity contribution in [3.8, 4) is 11.8 Å². The Balaban J connectivity index is 1.49. The number of aryl methyl sites for hydroxylation is 1. The Morgan fingerprint density at radius 2 is 1.65 bits per heavy atom. The van der Waals surface area contributed by atoms with E-state index in [2.05, 4.69) is 0 Å². The van der Waals surface area contributed by atoms with Crippen LogP contribution in [0.5, 0.6) is 5.75 Å². The zero-order chi connectivity index (χ0) is 24.5. The van der Waals surface area contributed by atoms with Crippen molar-refractivity contribution < 1.29 is 23.0 Å². The fourth-order valence-electron chi connectivity index (χ4n) is 4.07. The number of nitriles is 1. The van der Waals surface area contributed by atoms with Gasteiger partial charge in [0.2, 0.25) is 6.10 Å². The van der Waals surface area contributed by atoms with Gasteiger partial charge in [0, 0.05) is 22.1 Å². The third-order valence-corrected chi connectivity index (χ3v) is 6.31. The largest absolute Gasteiger partial charge is 0.489 e. The summed E-state index contributed by atoms with van der Waals surface area (Å²) in [5, 5.41) is 9.65. The van der Waals surface area contributed by atoms with Gasteiger partial charge in [-0.05, 0) is 25.1 Å². The van der Waals surface area contributed by atoms with Crippen LogP contribution in [0.2, 0.25) is 0 Å². The molecule has 1 aliphatic rings.